The molecule has 1 atom stereocenters. The highest BCUT2D eigenvalue weighted by atomic mass is 79.9. The Morgan fingerprint density at radius 3 is 2.32 bits per heavy atom. The highest BCUT2D eigenvalue weighted by Gasteiger charge is 2.24. The van der Waals surface area contributed by atoms with E-state index in [-0.39, 0.29) is 12.4 Å². The van der Waals surface area contributed by atoms with E-state index in [1.165, 1.54) is 37.9 Å². The smallest absolute Gasteiger partial charge is 0.0345 e. The Hall–Kier alpha value is -0.0900. The summed E-state index contributed by atoms with van der Waals surface area (Å²) in [4.78, 5) is 2.62. The number of halogens is 2. The Balaban J connectivity index is 0.00000180. The minimum Gasteiger partial charge on any atom is -0.330 e. The summed E-state index contributed by atoms with van der Waals surface area (Å²) >= 11 is 3.50. The van der Waals surface area contributed by atoms with Gasteiger partial charge in [-0.25, -0.2) is 0 Å². The maximum Gasteiger partial charge on any atom is 0.0345 e. The molecule has 1 unspecified atom stereocenters. The zero-order valence-electron chi connectivity index (χ0n) is 11.5. The van der Waals surface area contributed by atoms with Crippen molar-refractivity contribution in [2.75, 3.05) is 19.6 Å². The van der Waals surface area contributed by atoms with Crippen molar-refractivity contribution in [1.29, 1.82) is 0 Å². The van der Waals surface area contributed by atoms with Crippen molar-refractivity contribution in [2.45, 2.75) is 32.2 Å². The van der Waals surface area contributed by atoms with Crippen molar-refractivity contribution in [3.63, 3.8) is 0 Å². The Kier molecular flexibility index (Phi) is 7.37. The van der Waals surface area contributed by atoms with Gasteiger partial charge < -0.3 is 5.73 Å². The molecule has 1 aliphatic rings. The normalized spacial score (nSPS) is 18.9. The van der Waals surface area contributed by atoms with Crippen molar-refractivity contribution in [2.24, 2.45) is 11.7 Å². The summed E-state index contributed by atoms with van der Waals surface area (Å²) in [6.07, 6.45) is 3.68. The molecule has 2 rings (SSSR count). The van der Waals surface area contributed by atoms with Gasteiger partial charge in [0.15, 0.2) is 0 Å². The van der Waals surface area contributed by atoms with Gasteiger partial charge in [0.25, 0.3) is 0 Å². The Bertz CT molecular complexity index is 361. The van der Waals surface area contributed by atoms with Crippen LogP contribution in [0.4, 0.5) is 0 Å². The SMILES string of the molecule is CCC(c1ccc(Br)cc1)N1CCC(CN)CC1.Cl. The Labute approximate surface area is 131 Å². The van der Waals surface area contributed by atoms with Gasteiger partial charge in [-0.05, 0) is 62.5 Å². The first-order valence-corrected chi connectivity index (χ1v) is 7.73. The van der Waals surface area contributed by atoms with E-state index in [0.29, 0.717) is 6.04 Å². The molecule has 1 aliphatic heterocycles. The molecule has 1 fully saturated rings. The molecule has 0 amide bonds. The van der Waals surface area contributed by atoms with Gasteiger partial charge in [-0.2, -0.15) is 0 Å². The van der Waals surface area contributed by atoms with Crippen molar-refractivity contribution in [1.82, 2.24) is 4.90 Å². The van der Waals surface area contributed by atoms with Crippen LogP contribution in [-0.2, 0) is 0 Å². The topological polar surface area (TPSA) is 29.3 Å². The third kappa shape index (κ3) is 4.45. The third-order valence-electron chi connectivity index (χ3n) is 4.06. The first kappa shape index (κ1) is 17.0. The van der Waals surface area contributed by atoms with Gasteiger partial charge in [-0.1, -0.05) is 35.0 Å². The number of hydrogen-bond donors (Lipinski definition) is 1. The van der Waals surface area contributed by atoms with Gasteiger partial charge in [0.2, 0.25) is 0 Å². The first-order chi connectivity index (χ1) is 8.74. The fourth-order valence-electron chi connectivity index (χ4n) is 2.89. The fraction of sp³-hybridized carbons (Fsp3) is 0.600. The van der Waals surface area contributed by atoms with Gasteiger partial charge >= 0.3 is 0 Å². The largest absolute Gasteiger partial charge is 0.330 e. The zero-order valence-corrected chi connectivity index (χ0v) is 13.9. The summed E-state index contributed by atoms with van der Waals surface area (Å²) in [5.41, 5.74) is 7.20. The molecule has 2 nitrogen and oxygen atoms in total. The van der Waals surface area contributed by atoms with Gasteiger partial charge in [0, 0.05) is 10.5 Å². The number of benzene rings is 1. The second kappa shape index (κ2) is 8.25. The number of hydrogen-bond acceptors (Lipinski definition) is 2. The Morgan fingerprint density at radius 1 is 1.26 bits per heavy atom. The van der Waals surface area contributed by atoms with Crippen molar-refractivity contribution in [3.8, 4) is 0 Å². The van der Waals surface area contributed by atoms with Crippen LogP contribution >= 0.6 is 28.3 Å². The minimum absolute atomic E-state index is 0. The van der Waals surface area contributed by atoms with Crippen LogP contribution in [-0.4, -0.2) is 24.5 Å². The lowest BCUT2D eigenvalue weighted by molar-refractivity contribution is 0.131. The molecule has 0 aliphatic carbocycles. The van der Waals surface area contributed by atoms with Crippen LogP contribution in [0.2, 0.25) is 0 Å². The minimum atomic E-state index is 0. The monoisotopic (exact) mass is 346 g/mol. The van der Waals surface area contributed by atoms with Crippen molar-refractivity contribution < 1.29 is 0 Å². The summed E-state index contributed by atoms with van der Waals surface area (Å²) in [6.45, 7) is 5.51. The lowest BCUT2D eigenvalue weighted by Crippen LogP contribution is -2.38. The first-order valence-electron chi connectivity index (χ1n) is 6.94. The number of likely N-dealkylation sites (tertiary alicyclic amines) is 1. The molecule has 1 saturated heterocycles. The van der Waals surface area contributed by atoms with Crippen LogP contribution in [0.3, 0.4) is 0 Å². The van der Waals surface area contributed by atoms with Crippen LogP contribution in [0.25, 0.3) is 0 Å². The zero-order chi connectivity index (χ0) is 13.0. The van der Waals surface area contributed by atoms with Crippen LogP contribution in [0, 0.1) is 5.92 Å². The Morgan fingerprint density at radius 2 is 1.84 bits per heavy atom. The van der Waals surface area contributed by atoms with Crippen LogP contribution in [0.1, 0.15) is 37.8 Å². The van der Waals surface area contributed by atoms with Crippen molar-refractivity contribution >= 4 is 28.3 Å². The van der Waals surface area contributed by atoms with Crippen LogP contribution in [0.5, 0.6) is 0 Å². The summed E-state index contributed by atoms with van der Waals surface area (Å²) in [7, 11) is 0. The molecule has 1 aromatic carbocycles. The van der Waals surface area contributed by atoms with E-state index >= 15 is 0 Å². The second-order valence-corrected chi connectivity index (χ2v) is 6.11. The van der Waals surface area contributed by atoms with Crippen LogP contribution in [0.15, 0.2) is 28.7 Å². The molecule has 1 heterocycles. The van der Waals surface area contributed by atoms with Crippen LogP contribution < -0.4 is 5.73 Å². The van der Waals surface area contributed by atoms with E-state index in [2.05, 4.69) is 52.0 Å². The molecular weight excluding hydrogens is 324 g/mol. The predicted molar refractivity (Wildman–Crippen MR) is 87.8 cm³/mol. The number of rotatable bonds is 4. The average molecular weight is 348 g/mol. The molecule has 0 radical (unpaired) electrons. The summed E-state index contributed by atoms with van der Waals surface area (Å²) in [5, 5.41) is 0. The fourth-order valence-corrected chi connectivity index (χ4v) is 3.15. The average Bonchev–Trinajstić information content (AvgIpc) is 2.42. The molecular formula is C15H24BrClN2. The molecule has 108 valence electrons. The lowest BCUT2D eigenvalue weighted by atomic mass is 9.93. The second-order valence-electron chi connectivity index (χ2n) is 5.19. The maximum absolute atomic E-state index is 5.76. The van der Waals surface area contributed by atoms with Crippen molar-refractivity contribution in [3.05, 3.63) is 34.3 Å². The van der Waals surface area contributed by atoms with Gasteiger partial charge in [-0.3, -0.25) is 4.90 Å². The highest BCUT2D eigenvalue weighted by Crippen LogP contribution is 2.29. The predicted octanol–water partition coefficient (Wildman–Crippen LogP) is 3.99. The molecule has 0 spiro atoms. The lowest BCUT2D eigenvalue weighted by Gasteiger charge is -2.37. The quantitative estimate of drug-likeness (QED) is 0.892. The number of piperidine rings is 1. The van der Waals surface area contributed by atoms with Gasteiger partial charge in [0.05, 0.1) is 0 Å². The maximum atomic E-state index is 5.76. The van der Waals surface area contributed by atoms with Gasteiger partial charge in [-0.15, -0.1) is 12.4 Å². The molecule has 4 heteroatoms. The molecule has 19 heavy (non-hydrogen) atoms. The molecule has 0 saturated carbocycles. The van der Waals surface area contributed by atoms with E-state index < -0.39 is 0 Å². The molecule has 2 N–H and O–H groups in total. The molecule has 0 bridgehead atoms. The van der Waals surface area contributed by atoms with E-state index in [0.717, 1.165) is 16.9 Å². The van der Waals surface area contributed by atoms with Gasteiger partial charge in [0.1, 0.15) is 0 Å². The summed E-state index contributed by atoms with van der Waals surface area (Å²) in [6, 6.07) is 9.34. The third-order valence-corrected chi connectivity index (χ3v) is 4.59. The summed E-state index contributed by atoms with van der Waals surface area (Å²) < 4.78 is 1.16. The standard InChI is InChI=1S/C15H23BrN2.ClH/c1-2-15(13-3-5-14(16)6-4-13)18-9-7-12(11-17)8-10-18;/h3-6,12,15H,2,7-11,17H2,1H3;1H. The van der Waals surface area contributed by atoms with E-state index in [4.69, 9.17) is 5.73 Å². The molecule has 1 aromatic rings. The van der Waals surface area contributed by atoms with E-state index in [1.54, 1.807) is 0 Å². The van der Waals surface area contributed by atoms with E-state index in [9.17, 15) is 0 Å². The summed E-state index contributed by atoms with van der Waals surface area (Å²) in [5.74, 6) is 0.740. The number of nitrogens with two attached hydrogens (primary N) is 1. The number of nitrogens with zero attached hydrogens (tertiary/aromatic N) is 1. The van der Waals surface area contributed by atoms with E-state index in [1.807, 2.05) is 0 Å². The highest BCUT2D eigenvalue weighted by molar-refractivity contribution is 9.10. The molecule has 0 aromatic heterocycles.